The molecule has 1 fully saturated rings. The van der Waals surface area contributed by atoms with Crippen molar-refractivity contribution in [2.45, 2.75) is 142 Å². The molecule has 1 heterocycles. The molecular weight excluding hydrogens is 374 g/mol. The van der Waals surface area contributed by atoms with Crippen LogP contribution in [-0.2, 0) is 14.3 Å². The van der Waals surface area contributed by atoms with Gasteiger partial charge in [-0.1, -0.05) is 84.0 Å². The Balaban J connectivity index is 2.07. The standard InChI is InChI=1S/C26H51NO3/c1-5-7-8-9-10-11-12-13-14-15-16-17-18-19-26(28)27-21-25(29-6-2)20-24(27)22-30-23(3)4/h23-25H,5-22H2,1-4H3/t24-,25+/m0/s1. The Morgan fingerprint density at radius 2 is 1.40 bits per heavy atom. The molecule has 4 heteroatoms. The zero-order valence-corrected chi connectivity index (χ0v) is 20.6. The lowest BCUT2D eigenvalue weighted by atomic mass is 10.0. The summed E-state index contributed by atoms with van der Waals surface area (Å²) in [7, 11) is 0. The van der Waals surface area contributed by atoms with E-state index in [9.17, 15) is 4.79 Å². The highest BCUT2D eigenvalue weighted by molar-refractivity contribution is 5.76. The Bertz CT molecular complexity index is 413. The van der Waals surface area contributed by atoms with Gasteiger partial charge in [-0.3, -0.25) is 4.79 Å². The second-order valence-corrected chi connectivity index (χ2v) is 9.39. The van der Waals surface area contributed by atoms with E-state index in [0.717, 1.165) is 19.4 Å². The first kappa shape index (κ1) is 27.4. The van der Waals surface area contributed by atoms with Gasteiger partial charge >= 0.3 is 0 Å². The lowest BCUT2D eigenvalue weighted by molar-refractivity contribution is -0.134. The number of likely N-dealkylation sites (tertiary alicyclic amines) is 1. The molecule has 1 aliphatic rings. The van der Waals surface area contributed by atoms with E-state index in [-0.39, 0.29) is 24.2 Å². The molecule has 4 nitrogen and oxygen atoms in total. The second kappa shape index (κ2) is 18.0. The first-order valence-electron chi connectivity index (χ1n) is 13.1. The predicted octanol–water partition coefficient (Wildman–Crippen LogP) is 6.90. The van der Waals surface area contributed by atoms with Gasteiger partial charge in [-0.15, -0.1) is 0 Å². The number of rotatable bonds is 19. The Labute approximate surface area is 187 Å². The van der Waals surface area contributed by atoms with E-state index in [1.165, 1.54) is 77.0 Å². The van der Waals surface area contributed by atoms with Gasteiger partial charge in [0.15, 0.2) is 0 Å². The highest BCUT2D eigenvalue weighted by atomic mass is 16.5. The van der Waals surface area contributed by atoms with Crippen molar-refractivity contribution in [2.24, 2.45) is 0 Å². The van der Waals surface area contributed by atoms with Crippen LogP contribution in [-0.4, -0.2) is 48.8 Å². The third-order valence-corrected chi connectivity index (χ3v) is 6.21. The summed E-state index contributed by atoms with van der Waals surface area (Å²) in [4.78, 5) is 14.8. The molecule has 30 heavy (non-hydrogen) atoms. The van der Waals surface area contributed by atoms with Crippen LogP contribution in [0, 0.1) is 0 Å². The van der Waals surface area contributed by atoms with Crippen molar-refractivity contribution in [2.75, 3.05) is 19.8 Å². The van der Waals surface area contributed by atoms with Crippen LogP contribution in [0.1, 0.15) is 124 Å². The van der Waals surface area contributed by atoms with E-state index in [2.05, 4.69) is 20.8 Å². The zero-order valence-electron chi connectivity index (χ0n) is 20.6. The van der Waals surface area contributed by atoms with E-state index in [0.29, 0.717) is 19.6 Å². The van der Waals surface area contributed by atoms with Crippen molar-refractivity contribution in [3.05, 3.63) is 0 Å². The van der Waals surface area contributed by atoms with Crippen LogP contribution in [0.25, 0.3) is 0 Å². The summed E-state index contributed by atoms with van der Waals surface area (Å²) in [5.74, 6) is 0.289. The molecule has 0 spiro atoms. The SMILES string of the molecule is CCCCCCCCCCCCCCCC(=O)N1C[C@H](OCC)C[C@H]1COC(C)C. The third-order valence-electron chi connectivity index (χ3n) is 6.21. The number of nitrogens with zero attached hydrogens (tertiary/aromatic N) is 1. The first-order chi connectivity index (χ1) is 14.6. The third kappa shape index (κ3) is 12.9. The highest BCUT2D eigenvalue weighted by Gasteiger charge is 2.35. The molecule has 2 atom stereocenters. The number of unbranched alkanes of at least 4 members (excludes halogenated alkanes) is 12. The highest BCUT2D eigenvalue weighted by Crippen LogP contribution is 2.23. The fourth-order valence-electron chi connectivity index (χ4n) is 4.43. The Kier molecular flexibility index (Phi) is 16.5. The molecule has 0 aromatic carbocycles. The monoisotopic (exact) mass is 425 g/mol. The molecule has 0 N–H and O–H groups in total. The summed E-state index contributed by atoms with van der Waals surface area (Å²) in [5, 5.41) is 0. The van der Waals surface area contributed by atoms with Crippen LogP contribution in [0.3, 0.4) is 0 Å². The number of amides is 1. The average Bonchev–Trinajstić information content (AvgIpc) is 3.13. The number of carbonyl (C=O) groups is 1. The molecule has 0 unspecified atom stereocenters. The van der Waals surface area contributed by atoms with E-state index in [1.807, 2.05) is 11.8 Å². The van der Waals surface area contributed by atoms with Crippen molar-refractivity contribution in [1.82, 2.24) is 4.90 Å². The van der Waals surface area contributed by atoms with Crippen LogP contribution in [0.4, 0.5) is 0 Å². The van der Waals surface area contributed by atoms with E-state index < -0.39 is 0 Å². The first-order valence-corrected chi connectivity index (χ1v) is 13.1. The molecule has 0 bridgehead atoms. The van der Waals surface area contributed by atoms with Gasteiger partial charge < -0.3 is 14.4 Å². The van der Waals surface area contributed by atoms with Crippen LogP contribution >= 0.6 is 0 Å². The largest absolute Gasteiger partial charge is 0.377 e. The number of carbonyl (C=O) groups excluding carboxylic acids is 1. The van der Waals surface area contributed by atoms with Crippen LogP contribution < -0.4 is 0 Å². The van der Waals surface area contributed by atoms with Gasteiger partial charge in [-0.2, -0.15) is 0 Å². The fourth-order valence-corrected chi connectivity index (χ4v) is 4.43. The molecule has 1 rings (SSSR count). The minimum atomic E-state index is 0.173. The molecule has 178 valence electrons. The normalized spacial score (nSPS) is 19.2. The van der Waals surface area contributed by atoms with Crippen molar-refractivity contribution in [3.8, 4) is 0 Å². The minimum Gasteiger partial charge on any atom is -0.377 e. The maximum absolute atomic E-state index is 12.8. The van der Waals surface area contributed by atoms with Crippen LogP contribution in [0.5, 0.6) is 0 Å². The fraction of sp³-hybridized carbons (Fsp3) is 0.962. The zero-order chi connectivity index (χ0) is 22.0. The van der Waals surface area contributed by atoms with Crippen LogP contribution in [0.2, 0.25) is 0 Å². The predicted molar refractivity (Wildman–Crippen MR) is 127 cm³/mol. The van der Waals surface area contributed by atoms with Gasteiger partial charge in [0.1, 0.15) is 0 Å². The molecule has 1 saturated heterocycles. The topological polar surface area (TPSA) is 38.8 Å². The summed E-state index contributed by atoms with van der Waals surface area (Å²) in [5.41, 5.74) is 0. The molecule has 0 aromatic heterocycles. The van der Waals surface area contributed by atoms with E-state index in [1.54, 1.807) is 0 Å². The molecule has 0 radical (unpaired) electrons. The number of hydrogen-bond acceptors (Lipinski definition) is 3. The number of ether oxygens (including phenoxy) is 2. The Hall–Kier alpha value is -0.610. The molecule has 1 amide bonds. The summed E-state index contributed by atoms with van der Waals surface area (Å²) >= 11 is 0. The van der Waals surface area contributed by atoms with E-state index >= 15 is 0 Å². The minimum absolute atomic E-state index is 0.173. The quantitative estimate of drug-likeness (QED) is 0.211. The Morgan fingerprint density at radius 1 is 0.867 bits per heavy atom. The average molecular weight is 426 g/mol. The molecular formula is C26H51NO3. The lowest BCUT2D eigenvalue weighted by Crippen LogP contribution is -2.39. The molecule has 0 saturated carbocycles. The summed E-state index contributed by atoms with van der Waals surface area (Å²) in [6.45, 7) is 10.5. The lowest BCUT2D eigenvalue weighted by Gasteiger charge is -2.25. The maximum Gasteiger partial charge on any atom is 0.222 e. The van der Waals surface area contributed by atoms with Crippen molar-refractivity contribution < 1.29 is 14.3 Å². The summed E-state index contributed by atoms with van der Waals surface area (Å²) in [6, 6.07) is 0.179. The van der Waals surface area contributed by atoms with Gasteiger partial charge in [-0.25, -0.2) is 0 Å². The van der Waals surface area contributed by atoms with Crippen molar-refractivity contribution in [3.63, 3.8) is 0 Å². The smallest absolute Gasteiger partial charge is 0.222 e. The van der Waals surface area contributed by atoms with Gasteiger partial charge in [0.25, 0.3) is 0 Å². The molecule has 0 aromatic rings. The van der Waals surface area contributed by atoms with E-state index in [4.69, 9.17) is 9.47 Å². The Morgan fingerprint density at radius 3 is 1.90 bits per heavy atom. The molecule has 0 aliphatic carbocycles. The maximum atomic E-state index is 12.8. The summed E-state index contributed by atoms with van der Waals surface area (Å²) in [6.07, 6.45) is 19.3. The van der Waals surface area contributed by atoms with Gasteiger partial charge in [0, 0.05) is 19.6 Å². The van der Waals surface area contributed by atoms with Gasteiger partial charge in [-0.05, 0) is 33.6 Å². The summed E-state index contributed by atoms with van der Waals surface area (Å²) < 4.78 is 11.6. The van der Waals surface area contributed by atoms with Gasteiger partial charge in [0.05, 0.1) is 24.9 Å². The van der Waals surface area contributed by atoms with Crippen LogP contribution in [0.15, 0.2) is 0 Å². The van der Waals surface area contributed by atoms with Crippen molar-refractivity contribution in [1.29, 1.82) is 0 Å². The molecule has 1 aliphatic heterocycles. The van der Waals surface area contributed by atoms with Crippen molar-refractivity contribution >= 4 is 5.91 Å². The second-order valence-electron chi connectivity index (χ2n) is 9.39. The van der Waals surface area contributed by atoms with Gasteiger partial charge in [0.2, 0.25) is 5.91 Å². The number of hydrogen-bond donors (Lipinski definition) is 0.